The first-order chi connectivity index (χ1) is 9.24. The lowest BCUT2D eigenvalue weighted by molar-refractivity contribution is 0.112. The van der Waals surface area contributed by atoms with Crippen LogP contribution in [0.3, 0.4) is 0 Å². The molecule has 2 aromatic rings. The molecule has 0 N–H and O–H groups in total. The number of carbonyl (C=O) groups excluding carboxylic acids is 1. The number of hydrogen-bond donors (Lipinski definition) is 0. The van der Waals surface area contributed by atoms with Crippen LogP contribution in [0.4, 0.5) is 0 Å². The molecular weight excluding hydrogens is 256 g/mol. The van der Waals surface area contributed by atoms with Gasteiger partial charge < -0.3 is 4.74 Å². The highest BCUT2D eigenvalue weighted by atomic mass is 32.2. The summed E-state index contributed by atoms with van der Waals surface area (Å²) in [5.74, 6) is 1.66. The summed E-state index contributed by atoms with van der Waals surface area (Å²) < 4.78 is 5.31. The van der Waals surface area contributed by atoms with Crippen molar-refractivity contribution in [3.63, 3.8) is 0 Å². The molecule has 0 atom stereocenters. The molecule has 0 aliphatic rings. The van der Waals surface area contributed by atoms with Crippen LogP contribution in [0.2, 0.25) is 0 Å². The molecule has 0 saturated heterocycles. The highest BCUT2D eigenvalue weighted by Crippen LogP contribution is 2.31. The van der Waals surface area contributed by atoms with Crippen LogP contribution >= 0.6 is 11.8 Å². The van der Waals surface area contributed by atoms with Crippen LogP contribution in [0.25, 0.3) is 0 Å². The number of benzene rings is 2. The fourth-order valence-electron chi connectivity index (χ4n) is 1.86. The van der Waals surface area contributed by atoms with Crippen molar-refractivity contribution in [3.05, 3.63) is 59.2 Å². The van der Waals surface area contributed by atoms with Crippen molar-refractivity contribution >= 4 is 18.0 Å². The Bertz CT molecular complexity index is 564. The normalized spacial score (nSPS) is 10.2. The third-order valence-electron chi connectivity index (χ3n) is 2.89. The van der Waals surface area contributed by atoms with Gasteiger partial charge >= 0.3 is 0 Å². The second kappa shape index (κ2) is 6.43. The van der Waals surface area contributed by atoms with E-state index in [0.29, 0.717) is 0 Å². The quantitative estimate of drug-likeness (QED) is 0.605. The summed E-state index contributed by atoms with van der Waals surface area (Å²) in [6, 6.07) is 14.0. The van der Waals surface area contributed by atoms with E-state index < -0.39 is 0 Å². The Balaban J connectivity index is 2.21. The number of carbonyl (C=O) groups is 1. The standard InChI is InChI=1S/C16H16O2S/c1-12-8-14(10-17)16(9-15(12)18-2)19-11-13-6-4-3-5-7-13/h3-10H,11H2,1-2H3. The minimum absolute atomic E-state index is 0.722. The van der Waals surface area contributed by atoms with Gasteiger partial charge in [-0.3, -0.25) is 4.79 Å². The fraction of sp³-hybridized carbons (Fsp3) is 0.188. The zero-order valence-electron chi connectivity index (χ0n) is 11.1. The van der Waals surface area contributed by atoms with Gasteiger partial charge in [0.1, 0.15) is 5.75 Å². The second-order valence-electron chi connectivity index (χ2n) is 4.25. The maximum atomic E-state index is 11.1. The minimum Gasteiger partial charge on any atom is -0.496 e. The number of aryl methyl sites for hydroxylation is 1. The van der Waals surface area contributed by atoms with E-state index >= 15 is 0 Å². The van der Waals surface area contributed by atoms with Crippen LogP contribution in [0.5, 0.6) is 5.75 Å². The molecule has 0 saturated carbocycles. The number of ether oxygens (including phenoxy) is 1. The van der Waals surface area contributed by atoms with E-state index in [4.69, 9.17) is 4.74 Å². The minimum atomic E-state index is 0.722. The van der Waals surface area contributed by atoms with Crippen LogP contribution in [-0.2, 0) is 5.75 Å². The van der Waals surface area contributed by atoms with Gasteiger partial charge in [-0.05, 0) is 30.2 Å². The van der Waals surface area contributed by atoms with Crippen molar-refractivity contribution in [2.24, 2.45) is 0 Å². The number of hydrogen-bond acceptors (Lipinski definition) is 3. The third kappa shape index (κ3) is 3.38. The third-order valence-corrected chi connectivity index (χ3v) is 4.03. The number of rotatable bonds is 5. The molecule has 0 aromatic heterocycles. The molecule has 0 radical (unpaired) electrons. The van der Waals surface area contributed by atoms with Gasteiger partial charge in [-0.25, -0.2) is 0 Å². The van der Waals surface area contributed by atoms with Gasteiger partial charge in [0.25, 0.3) is 0 Å². The van der Waals surface area contributed by atoms with Gasteiger partial charge in [-0.2, -0.15) is 0 Å². The Morgan fingerprint density at radius 2 is 1.95 bits per heavy atom. The van der Waals surface area contributed by atoms with Crippen LogP contribution in [-0.4, -0.2) is 13.4 Å². The first kappa shape index (κ1) is 13.7. The van der Waals surface area contributed by atoms with Gasteiger partial charge in [-0.1, -0.05) is 30.3 Å². The van der Waals surface area contributed by atoms with Crippen LogP contribution in [0.1, 0.15) is 21.5 Å². The van der Waals surface area contributed by atoms with Crippen LogP contribution < -0.4 is 4.74 Å². The van der Waals surface area contributed by atoms with Gasteiger partial charge in [0.2, 0.25) is 0 Å². The SMILES string of the molecule is COc1cc(SCc2ccccc2)c(C=O)cc1C. The molecule has 0 bridgehead atoms. The summed E-state index contributed by atoms with van der Waals surface area (Å²) in [6.45, 7) is 1.94. The van der Waals surface area contributed by atoms with Gasteiger partial charge in [0.15, 0.2) is 6.29 Å². The summed E-state index contributed by atoms with van der Waals surface area (Å²) in [5.41, 5.74) is 2.94. The van der Waals surface area contributed by atoms with E-state index in [-0.39, 0.29) is 0 Å². The van der Waals surface area contributed by atoms with E-state index in [1.807, 2.05) is 37.3 Å². The van der Waals surface area contributed by atoms with Gasteiger partial charge in [0, 0.05) is 16.2 Å². The van der Waals surface area contributed by atoms with E-state index in [0.717, 1.165) is 33.8 Å². The highest BCUT2D eigenvalue weighted by Gasteiger charge is 2.08. The number of thioether (sulfide) groups is 1. The molecule has 2 nitrogen and oxygen atoms in total. The summed E-state index contributed by atoms with van der Waals surface area (Å²) >= 11 is 1.65. The summed E-state index contributed by atoms with van der Waals surface area (Å²) in [5, 5.41) is 0. The molecule has 0 spiro atoms. The van der Waals surface area contributed by atoms with Crippen molar-refractivity contribution in [1.82, 2.24) is 0 Å². The molecule has 0 aliphatic heterocycles. The Morgan fingerprint density at radius 1 is 1.21 bits per heavy atom. The van der Waals surface area contributed by atoms with Gasteiger partial charge in [-0.15, -0.1) is 11.8 Å². The number of methoxy groups -OCH3 is 1. The van der Waals surface area contributed by atoms with E-state index in [9.17, 15) is 4.79 Å². The smallest absolute Gasteiger partial charge is 0.151 e. The van der Waals surface area contributed by atoms with Crippen molar-refractivity contribution in [3.8, 4) is 5.75 Å². The average molecular weight is 272 g/mol. The lowest BCUT2D eigenvalue weighted by Gasteiger charge is -2.10. The lowest BCUT2D eigenvalue weighted by atomic mass is 10.1. The van der Waals surface area contributed by atoms with Crippen LogP contribution in [0, 0.1) is 6.92 Å². The van der Waals surface area contributed by atoms with Crippen molar-refractivity contribution in [1.29, 1.82) is 0 Å². The molecule has 3 heteroatoms. The molecule has 0 fully saturated rings. The molecule has 19 heavy (non-hydrogen) atoms. The maximum Gasteiger partial charge on any atom is 0.151 e. The largest absolute Gasteiger partial charge is 0.496 e. The molecular formula is C16H16O2S. The molecule has 0 aliphatic carbocycles. The molecule has 2 rings (SSSR count). The first-order valence-corrected chi connectivity index (χ1v) is 7.03. The second-order valence-corrected chi connectivity index (χ2v) is 5.27. The highest BCUT2D eigenvalue weighted by molar-refractivity contribution is 7.98. The predicted molar refractivity (Wildman–Crippen MR) is 79.1 cm³/mol. The first-order valence-electron chi connectivity index (χ1n) is 6.05. The fourth-order valence-corrected chi connectivity index (χ4v) is 2.84. The van der Waals surface area contributed by atoms with E-state index in [1.165, 1.54) is 5.56 Å². The van der Waals surface area contributed by atoms with E-state index in [2.05, 4.69) is 12.1 Å². The van der Waals surface area contributed by atoms with Crippen molar-refractivity contribution < 1.29 is 9.53 Å². The van der Waals surface area contributed by atoms with E-state index in [1.54, 1.807) is 18.9 Å². The Morgan fingerprint density at radius 3 is 2.58 bits per heavy atom. The number of aldehydes is 1. The Labute approximate surface area is 117 Å². The predicted octanol–water partition coefficient (Wildman–Crippen LogP) is 4.11. The molecule has 0 heterocycles. The van der Waals surface area contributed by atoms with Crippen molar-refractivity contribution in [2.75, 3.05) is 7.11 Å². The molecule has 0 amide bonds. The monoisotopic (exact) mass is 272 g/mol. The van der Waals surface area contributed by atoms with Crippen LogP contribution in [0.15, 0.2) is 47.4 Å². The maximum absolute atomic E-state index is 11.1. The Kier molecular flexibility index (Phi) is 4.63. The summed E-state index contributed by atoms with van der Waals surface area (Å²) in [6.07, 6.45) is 0.903. The molecule has 98 valence electrons. The summed E-state index contributed by atoms with van der Waals surface area (Å²) in [4.78, 5) is 12.1. The Hall–Kier alpha value is -1.74. The topological polar surface area (TPSA) is 26.3 Å². The zero-order valence-corrected chi connectivity index (χ0v) is 11.9. The van der Waals surface area contributed by atoms with Crippen molar-refractivity contribution in [2.45, 2.75) is 17.6 Å². The molecule has 2 aromatic carbocycles. The lowest BCUT2D eigenvalue weighted by Crippen LogP contribution is -1.93. The zero-order chi connectivity index (χ0) is 13.7. The van der Waals surface area contributed by atoms with Gasteiger partial charge in [0.05, 0.1) is 7.11 Å². The average Bonchev–Trinajstić information content (AvgIpc) is 2.46. The summed E-state index contributed by atoms with van der Waals surface area (Å²) in [7, 11) is 1.65. The molecule has 0 unspecified atom stereocenters.